The Morgan fingerprint density at radius 1 is 0.955 bits per heavy atom. The van der Waals surface area contributed by atoms with Gasteiger partial charge in [-0.2, -0.15) is 0 Å². The molecule has 2 saturated carbocycles. The second-order valence-electron chi connectivity index (χ2n) is 9.29. The van der Waals surface area contributed by atoms with Crippen LogP contribution in [0.15, 0.2) is 0 Å². The molecule has 3 heteroatoms. The molecule has 0 spiro atoms. The van der Waals surface area contributed by atoms with Crippen LogP contribution in [0.3, 0.4) is 0 Å². The van der Waals surface area contributed by atoms with Gasteiger partial charge >= 0.3 is 0 Å². The van der Waals surface area contributed by atoms with Crippen LogP contribution < -0.4 is 0 Å². The monoisotopic (exact) mass is 308 g/mol. The summed E-state index contributed by atoms with van der Waals surface area (Å²) in [4.78, 5) is 10.8. The molecule has 2 aliphatic carbocycles. The van der Waals surface area contributed by atoms with Crippen LogP contribution in [0, 0.1) is 22.7 Å². The minimum Gasteiger partial charge on any atom is -0.436 e. The van der Waals surface area contributed by atoms with E-state index in [1.807, 2.05) is 6.92 Å². The Morgan fingerprint density at radius 2 is 1.64 bits per heavy atom. The van der Waals surface area contributed by atoms with Gasteiger partial charge in [-0.05, 0) is 61.7 Å². The first-order chi connectivity index (χ1) is 10.2. The number of carbonyl (C=O) groups is 1. The minimum atomic E-state index is -0.736. The lowest BCUT2D eigenvalue weighted by Crippen LogP contribution is -2.63. The second kappa shape index (κ2) is 4.96. The molecule has 126 valence electrons. The summed E-state index contributed by atoms with van der Waals surface area (Å²) < 4.78 is 11.7. The smallest absolute Gasteiger partial charge is 0.295 e. The van der Waals surface area contributed by atoms with Crippen LogP contribution in [-0.4, -0.2) is 17.9 Å². The van der Waals surface area contributed by atoms with Gasteiger partial charge in [0.1, 0.15) is 0 Å². The molecule has 3 rings (SSSR count). The fourth-order valence-corrected chi connectivity index (χ4v) is 6.50. The van der Waals surface area contributed by atoms with Crippen LogP contribution in [0.25, 0.3) is 0 Å². The van der Waals surface area contributed by atoms with Gasteiger partial charge in [-0.1, -0.05) is 27.2 Å². The standard InChI is InChI=1S/C19H32O3/c1-16(2)9-6-10-17(3)14(16)7-11-18(4)15(17)8-12-19(5,22-18)21-13-20/h13-15H,6-12H2,1-5H3/t14?,15-,17+,18-,19+/m1/s1. The lowest BCUT2D eigenvalue weighted by atomic mass is 9.44. The maximum Gasteiger partial charge on any atom is 0.295 e. The molecule has 0 aromatic carbocycles. The molecule has 0 bridgehead atoms. The molecule has 1 unspecified atom stereocenters. The highest BCUT2D eigenvalue weighted by Gasteiger charge is 2.61. The molecular formula is C19H32O3. The van der Waals surface area contributed by atoms with E-state index in [0.29, 0.717) is 23.2 Å². The average molecular weight is 308 g/mol. The highest BCUT2D eigenvalue weighted by Crippen LogP contribution is 2.65. The molecule has 0 radical (unpaired) electrons. The van der Waals surface area contributed by atoms with E-state index >= 15 is 0 Å². The van der Waals surface area contributed by atoms with Crippen LogP contribution in [0.1, 0.15) is 79.6 Å². The molecule has 3 nitrogen and oxygen atoms in total. The molecule has 0 amide bonds. The summed E-state index contributed by atoms with van der Waals surface area (Å²) in [6, 6.07) is 0. The van der Waals surface area contributed by atoms with Gasteiger partial charge in [-0.3, -0.25) is 4.79 Å². The second-order valence-corrected chi connectivity index (χ2v) is 9.29. The fourth-order valence-electron chi connectivity index (χ4n) is 6.50. The van der Waals surface area contributed by atoms with Crippen molar-refractivity contribution in [3.63, 3.8) is 0 Å². The summed E-state index contributed by atoms with van der Waals surface area (Å²) in [6.07, 6.45) is 8.22. The van der Waals surface area contributed by atoms with E-state index in [4.69, 9.17) is 9.47 Å². The number of hydrogen-bond acceptors (Lipinski definition) is 3. The predicted octanol–water partition coefficient (Wildman–Crippen LogP) is 4.69. The molecule has 3 aliphatic rings. The Bertz CT molecular complexity index is 460. The quantitative estimate of drug-likeness (QED) is 0.694. The van der Waals surface area contributed by atoms with Crippen molar-refractivity contribution in [3.8, 4) is 0 Å². The summed E-state index contributed by atoms with van der Waals surface area (Å²) in [5.74, 6) is 0.619. The Kier molecular flexibility index (Phi) is 3.67. The van der Waals surface area contributed by atoms with Crippen molar-refractivity contribution in [2.75, 3.05) is 0 Å². The maximum absolute atomic E-state index is 10.8. The van der Waals surface area contributed by atoms with Gasteiger partial charge in [0.05, 0.1) is 5.60 Å². The van der Waals surface area contributed by atoms with E-state index in [0.717, 1.165) is 25.2 Å². The number of ether oxygens (including phenoxy) is 2. The van der Waals surface area contributed by atoms with Crippen molar-refractivity contribution in [1.82, 2.24) is 0 Å². The topological polar surface area (TPSA) is 35.5 Å². The van der Waals surface area contributed by atoms with Crippen LogP contribution in [0.5, 0.6) is 0 Å². The van der Waals surface area contributed by atoms with Crippen molar-refractivity contribution in [1.29, 1.82) is 0 Å². The molecule has 0 N–H and O–H groups in total. The summed E-state index contributed by atoms with van der Waals surface area (Å²) in [6.45, 7) is 12.1. The first-order valence-corrected chi connectivity index (χ1v) is 8.97. The zero-order valence-corrected chi connectivity index (χ0v) is 14.9. The Morgan fingerprint density at radius 3 is 2.32 bits per heavy atom. The van der Waals surface area contributed by atoms with E-state index in [1.54, 1.807) is 0 Å². The SMILES string of the molecule is CC1(C)CCC[C@@]2(C)C1CC[C@@]1(C)O[C@](C)(OC=O)CC[C@@H]12. The first-order valence-electron chi connectivity index (χ1n) is 8.97. The molecule has 5 atom stereocenters. The van der Waals surface area contributed by atoms with E-state index < -0.39 is 5.79 Å². The molecule has 1 heterocycles. The highest BCUT2D eigenvalue weighted by atomic mass is 16.7. The third kappa shape index (κ3) is 2.31. The van der Waals surface area contributed by atoms with Crippen molar-refractivity contribution in [3.05, 3.63) is 0 Å². The van der Waals surface area contributed by atoms with Crippen LogP contribution in [0.4, 0.5) is 0 Å². The number of rotatable bonds is 2. The normalized spacial score (nSPS) is 50.6. The van der Waals surface area contributed by atoms with Crippen molar-refractivity contribution in [2.45, 2.75) is 91.0 Å². The van der Waals surface area contributed by atoms with Crippen molar-refractivity contribution in [2.24, 2.45) is 22.7 Å². The van der Waals surface area contributed by atoms with Gasteiger partial charge < -0.3 is 9.47 Å². The third-order valence-corrected chi connectivity index (χ3v) is 7.37. The molecule has 0 aromatic heterocycles. The van der Waals surface area contributed by atoms with Crippen LogP contribution in [-0.2, 0) is 14.3 Å². The highest BCUT2D eigenvalue weighted by molar-refractivity contribution is 5.38. The molecule has 3 fully saturated rings. The Hall–Kier alpha value is -0.570. The largest absolute Gasteiger partial charge is 0.436 e. The van der Waals surface area contributed by atoms with Gasteiger partial charge in [0.2, 0.25) is 5.79 Å². The summed E-state index contributed by atoms with van der Waals surface area (Å²) in [7, 11) is 0. The summed E-state index contributed by atoms with van der Waals surface area (Å²) >= 11 is 0. The van der Waals surface area contributed by atoms with E-state index in [2.05, 4.69) is 27.7 Å². The van der Waals surface area contributed by atoms with Crippen molar-refractivity contribution < 1.29 is 14.3 Å². The van der Waals surface area contributed by atoms with Gasteiger partial charge in [0, 0.05) is 13.3 Å². The van der Waals surface area contributed by atoms with Crippen LogP contribution in [0.2, 0.25) is 0 Å². The molecule has 22 heavy (non-hydrogen) atoms. The maximum atomic E-state index is 10.8. The van der Waals surface area contributed by atoms with Gasteiger partial charge in [0.15, 0.2) is 0 Å². The number of fused-ring (bicyclic) bond motifs is 3. The van der Waals surface area contributed by atoms with Gasteiger partial charge in [-0.25, -0.2) is 0 Å². The number of hydrogen-bond donors (Lipinski definition) is 0. The van der Waals surface area contributed by atoms with Crippen LogP contribution >= 0.6 is 0 Å². The Balaban J connectivity index is 1.90. The zero-order chi connectivity index (χ0) is 16.2. The first kappa shape index (κ1) is 16.3. The molecule has 1 aliphatic heterocycles. The fraction of sp³-hybridized carbons (Fsp3) is 0.947. The summed E-state index contributed by atoms with van der Waals surface area (Å²) in [5, 5.41) is 0. The lowest BCUT2D eigenvalue weighted by molar-refractivity contribution is -0.327. The summed E-state index contributed by atoms with van der Waals surface area (Å²) in [5.41, 5.74) is 0.639. The molecule has 1 saturated heterocycles. The molecular weight excluding hydrogens is 276 g/mol. The van der Waals surface area contributed by atoms with Gasteiger partial charge in [-0.15, -0.1) is 0 Å². The van der Waals surface area contributed by atoms with E-state index in [9.17, 15) is 4.79 Å². The van der Waals surface area contributed by atoms with Gasteiger partial charge in [0.25, 0.3) is 6.47 Å². The Labute approximate surface area is 135 Å². The molecule has 0 aromatic rings. The number of carbonyl (C=O) groups excluding carboxylic acids is 1. The van der Waals surface area contributed by atoms with Crippen molar-refractivity contribution >= 4 is 6.47 Å². The lowest BCUT2D eigenvalue weighted by Gasteiger charge is -2.64. The van der Waals surface area contributed by atoms with E-state index in [-0.39, 0.29) is 5.60 Å². The predicted molar refractivity (Wildman–Crippen MR) is 86.2 cm³/mol. The third-order valence-electron chi connectivity index (χ3n) is 7.37. The average Bonchev–Trinajstić information content (AvgIpc) is 2.36. The zero-order valence-electron chi connectivity index (χ0n) is 14.9. The minimum absolute atomic E-state index is 0.158. The van der Waals surface area contributed by atoms with E-state index in [1.165, 1.54) is 25.7 Å².